The van der Waals surface area contributed by atoms with Crippen LogP contribution in [0, 0.1) is 11.8 Å². The van der Waals surface area contributed by atoms with E-state index in [1.807, 2.05) is 0 Å². The van der Waals surface area contributed by atoms with Gasteiger partial charge in [0.15, 0.2) is 0 Å². The lowest BCUT2D eigenvalue weighted by Gasteiger charge is -2.19. The van der Waals surface area contributed by atoms with Crippen LogP contribution in [0.25, 0.3) is 0 Å². The second kappa shape index (κ2) is 6.17. The molecule has 0 aromatic rings. The third-order valence-electron chi connectivity index (χ3n) is 4.20. The van der Waals surface area contributed by atoms with Gasteiger partial charge >= 0.3 is 5.97 Å². The van der Waals surface area contributed by atoms with E-state index in [-0.39, 0.29) is 30.1 Å². The summed E-state index contributed by atoms with van der Waals surface area (Å²) < 4.78 is 0. The van der Waals surface area contributed by atoms with Crippen LogP contribution < -0.4 is 0 Å². The molecule has 106 valence electrons. The Balaban J connectivity index is 1.78. The largest absolute Gasteiger partial charge is 0.481 e. The first-order valence-electron chi connectivity index (χ1n) is 7.18. The molecule has 2 rings (SSSR count). The summed E-state index contributed by atoms with van der Waals surface area (Å²) in [7, 11) is 0. The van der Waals surface area contributed by atoms with Gasteiger partial charge in [0, 0.05) is 13.0 Å². The fourth-order valence-electron chi connectivity index (χ4n) is 3.17. The summed E-state index contributed by atoms with van der Waals surface area (Å²) in [6.07, 6.45) is 6.03. The molecule has 1 saturated heterocycles. The van der Waals surface area contributed by atoms with E-state index in [0.29, 0.717) is 19.4 Å². The third kappa shape index (κ3) is 3.14. The van der Waals surface area contributed by atoms with Gasteiger partial charge in [-0.2, -0.15) is 0 Å². The monoisotopic (exact) mass is 267 g/mol. The second-order valence-electron chi connectivity index (χ2n) is 5.53. The number of aliphatic carboxylic acids is 1. The van der Waals surface area contributed by atoms with Gasteiger partial charge in [-0.15, -0.1) is 0 Å². The first-order chi connectivity index (χ1) is 9.11. The number of rotatable bonds is 6. The molecule has 0 radical (unpaired) electrons. The number of carboxylic acids is 1. The number of unbranched alkanes of at least 4 members (excludes halogenated alkanes) is 2. The zero-order chi connectivity index (χ0) is 13.8. The first kappa shape index (κ1) is 14.0. The van der Waals surface area contributed by atoms with Crippen LogP contribution >= 0.6 is 0 Å². The molecular formula is C14H21NO4. The van der Waals surface area contributed by atoms with Gasteiger partial charge in [-0.1, -0.05) is 19.3 Å². The molecule has 1 aliphatic heterocycles. The summed E-state index contributed by atoms with van der Waals surface area (Å²) in [6.45, 7) is 0.463. The number of fused-ring (bicyclic) bond motifs is 1. The quantitative estimate of drug-likeness (QED) is 0.588. The van der Waals surface area contributed by atoms with Crippen molar-refractivity contribution in [3.05, 3.63) is 0 Å². The molecule has 1 heterocycles. The molecule has 0 spiro atoms. The zero-order valence-corrected chi connectivity index (χ0v) is 11.1. The van der Waals surface area contributed by atoms with Crippen LogP contribution in [0.5, 0.6) is 0 Å². The average Bonchev–Trinajstić information content (AvgIpc) is 2.63. The second-order valence-corrected chi connectivity index (χ2v) is 5.53. The number of carbonyl (C=O) groups is 3. The molecule has 0 unspecified atom stereocenters. The number of likely N-dealkylation sites (tertiary alicyclic amines) is 1. The number of amides is 2. The molecular weight excluding hydrogens is 246 g/mol. The minimum atomic E-state index is -0.792. The van der Waals surface area contributed by atoms with Crippen LogP contribution in [0.15, 0.2) is 0 Å². The predicted molar refractivity (Wildman–Crippen MR) is 68.3 cm³/mol. The topological polar surface area (TPSA) is 74.7 Å². The van der Waals surface area contributed by atoms with E-state index < -0.39 is 5.97 Å². The summed E-state index contributed by atoms with van der Waals surface area (Å²) in [5.74, 6) is -0.916. The van der Waals surface area contributed by atoms with Crippen molar-refractivity contribution in [1.29, 1.82) is 0 Å². The number of imide groups is 1. The van der Waals surface area contributed by atoms with Crippen molar-refractivity contribution in [3.8, 4) is 0 Å². The maximum absolute atomic E-state index is 12.1. The smallest absolute Gasteiger partial charge is 0.303 e. The highest BCUT2D eigenvalue weighted by Crippen LogP contribution is 2.38. The van der Waals surface area contributed by atoms with Crippen molar-refractivity contribution < 1.29 is 19.5 Å². The fourth-order valence-corrected chi connectivity index (χ4v) is 3.17. The molecule has 2 amide bonds. The van der Waals surface area contributed by atoms with Gasteiger partial charge < -0.3 is 5.11 Å². The summed E-state index contributed by atoms with van der Waals surface area (Å²) in [4.78, 5) is 36.1. The number of hydrogen-bond acceptors (Lipinski definition) is 3. The number of nitrogens with zero attached hydrogens (tertiary/aromatic N) is 1. The van der Waals surface area contributed by atoms with Crippen LogP contribution in [0.4, 0.5) is 0 Å². The molecule has 1 saturated carbocycles. The van der Waals surface area contributed by atoms with Crippen molar-refractivity contribution >= 4 is 17.8 Å². The molecule has 19 heavy (non-hydrogen) atoms. The van der Waals surface area contributed by atoms with E-state index in [4.69, 9.17) is 5.11 Å². The Bertz CT molecular complexity index is 356. The molecule has 2 fully saturated rings. The normalized spacial score (nSPS) is 26.6. The van der Waals surface area contributed by atoms with Gasteiger partial charge in [0.1, 0.15) is 0 Å². The van der Waals surface area contributed by atoms with E-state index in [1.54, 1.807) is 0 Å². The van der Waals surface area contributed by atoms with Gasteiger partial charge in [0.25, 0.3) is 0 Å². The maximum Gasteiger partial charge on any atom is 0.303 e. The Morgan fingerprint density at radius 1 is 1.05 bits per heavy atom. The highest BCUT2D eigenvalue weighted by molar-refractivity contribution is 6.05. The molecule has 0 aromatic carbocycles. The lowest BCUT2D eigenvalue weighted by molar-refractivity contribution is -0.140. The van der Waals surface area contributed by atoms with E-state index in [9.17, 15) is 14.4 Å². The van der Waals surface area contributed by atoms with Crippen molar-refractivity contribution in [2.75, 3.05) is 6.54 Å². The first-order valence-corrected chi connectivity index (χ1v) is 7.18. The van der Waals surface area contributed by atoms with Crippen molar-refractivity contribution in [2.45, 2.75) is 51.4 Å². The van der Waals surface area contributed by atoms with Crippen molar-refractivity contribution in [3.63, 3.8) is 0 Å². The average molecular weight is 267 g/mol. The minimum Gasteiger partial charge on any atom is -0.481 e. The van der Waals surface area contributed by atoms with Gasteiger partial charge in [-0.25, -0.2) is 0 Å². The Labute approximate surface area is 113 Å². The molecule has 2 atom stereocenters. The van der Waals surface area contributed by atoms with Crippen LogP contribution in [-0.2, 0) is 14.4 Å². The van der Waals surface area contributed by atoms with Gasteiger partial charge in [-0.3, -0.25) is 19.3 Å². The molecule has 1 N–H and O–H groups in total. The van der Waals surface area contributed by atoms with Crippen LogP contribution in [0.2, 0.25) is 0 Å². The SMILES string of the molecule is O=C(O)CCCCCN1C(=O)[C@H]2CCCC[C@@H]2C1=O. The summed E-state index contributed by atoms with van der Waals surface area (Å²) in [5, 5.41) is 8.53. The van der Waals surface area contributed by atoms with Crippen LogP contribution in [0.1, 0.15) is 51.4 Å². The Morgan fingerprint density at radius 2 is 1.63 bits per heavy atom. The van der Waals surface area contributed by atoms with Crippen LogP contribution in [0.3, 0.4) is 0 Å². The molecule has 5 heteroatoms. The molecule has 0 bridgehead atoms. The standard InChI is InChI=1S/C14H21NO4/c16-12(17)8-2-1-5-9-15-13(18)10-6-3-4-7-11(10)14(15)19/h10-11H,1-9H2,(H,16,17)/t10-,11-/m0/s1. The van der Waals surface area contributed by atoms with E-state index >= 15 is 0 Å². The van der Waals surface area contributed by atoms with E-state index in [0.717, 1.165) is 32.1 Å². The fraction of sp³-hybridized carbons (Fsp3) is 0.786. The predicted octanol–water partition coefficient (Wildman–Crippen LogP) is 1.81. The summed E-state index contributed by atoms with van der Waals surface area (Å²) in [5.41, 5.74) is 0. The lowest BCUT2D eigenvalue weighted by atomic mass is 9.81. The highest BCUT2D eigenvalue weighted by atomic mass is 16.4. The highest BCUT2D eigenvalue weighted by Gasteiger charge is 2.47. The lowest BCUT2D eigenvalue weighted by Crippen LogP contribution is -2.32. The van der Waals surface area contributed by atoms with Gasteiger partial charge in [0.2, 0.25) is 11.8 Å². The zero-order valence-electron chi connectivity index (χ0n) is 11.1. The third-order valence-corrected chi connectivity index (χ3v) is 4.20. The van der Waals surface area contributed by atoms with Crippen LogP contribution in [-0.4, -0.2) is 34.3 Å². The Hall–Kier alpha value is -1.39. The number of carboxylic acid groups (broad SMARTS) is 1. The van der Waals surface area contributed by atoms with Crippen molar-refractivity contribution in [2.24, 2.45) is 11.8 Å². The molecule has 1 aliphatic carbocycles. The molecule has 5 nitrogen and oxygen atoms in total. The maximum atomic E-state index is 12.1. The Kier molecular flexibility index (Phi) is 4.56. The molecule has 0 aromatic heterocycles. The minimum absolute atomic E-state index is 0.00735. The number of hydrogen-bond donors (Lipinski definition) is 1. The number of carbonyl (C=O) groups excluding carboxylic acids is 2. The van der Waals surface area contributed by atoms with E-state index in [1.165, 1.54) is 4.90 Å². The summed E-state index contributed by atoms with van der Waals surface area (Å²) >= 11 is 0. The molecule has 2 aliphatic rings. The van der Waals surface area contributed by atoms with Gasteiger partial charge in [-0.05, 0) is 25.7 Å². The van der Waals surface area contributed by atoms with Crippen molar-refractivity contribution in [1.82, 2.24) is 4.90 Å². The van der Waals surface area contributed by atoms with Gasteiger partial charge in [0.05, 0.1) is 11.8 Å². The van der Waals surface area contributed by atoms with E-state index in [2.05, 4.69) is 0 Å². The summed E-state index contributed by atoms with van der Waals surface area (Å²) in [6, 6.07) is 0. The Morgan fingerprint density at radius 3 is 2.16 bits per heavy atom.